The second-order valence-electron chi connectivity index (χ2n) is 6.24. The summed E-state index contributed by atoms with van der Waals surface area (Å²) in [5.74, 6) is 0. The molecule has 0 rings (SSSR count). The van der Waals surface area contributed by atoms with Crippen molar-refractivity contribution in [1.82, 2.24) is 0 Å². The standard InChI is InChI=1S/C10H18O.C10H16O/c2*1-7(2)9(4)10(5)8(3)6-11/h11H,6H2,1-5H3;6H,1-5H3. The van der Waals surface area contributed by atoms with E-state index in [1.165, 1.54) is 27.9 Å². The molecule has 0 saturated carbocycles. The van der Waals surface area contributed by atoms with Crippen LogP contribution >= 0.6 is 0 Å². The van der Waals surface area contributed by atoms with Crippen LogP contribution in [0.3, 0.4) is 0 Å². The molecule has 126 valence electrons. The molecular weight excluding hydrogens is 272 g/mol. The van der Waals surface area contributed by atoms with Gasteiger partial charge in [0.1, 0.15) is 6.29 Å². The molecule has 0 radical (unpaired) electrons. The molecule has 0 saturated heterocycles. The van der Waals surface area contributed by atoms with E-state index in [1.807, 2.05) is 34.6 Å². The Morgan fingerprint density at radius 2 is 1.05 bits per heavy atom. The second kappa shape index (κ2) is 11.2. The highest BCUT2D eigenvalue weighted by atomic mass is 16.3. The van der Waals surface area contributed by atoms with Gasteiger partial charge in [-0.15, -0.1) is 0 Å². The van der Waals surface area contributed by atoms with E-state index in [1.54, 1.807) is 0 Å². The van der Waals surface area contributed by atoms with Gasteiger partial charge in [-0.3, -0.25) is 4.79 Å². The molecule has 0 unspecified atom stereocenters. The van der Waals surface area contributed by atoms with Gasteiger partial charge in [0.25, 0.3) is 0 Å². The van der Waals surface area contributed by atoms with Crippen molar-refractivity contribution in [3.05, 3.63) is 44.6 Å². The Balaban J connectivity index is 0. The number of allylic oxidation sites excluding steroid dienone is 7. The fourth-order valence-corrected chi connectivity index (χ4v) is 1.57. The number of aliphatic hydroxyl groups excluding tert-OH is 1. The van der Waals surface area contributed by atoms with Crippen molar-refractivity contribution in [3.63, 3.8) is 0 Å². The lowest BCUT2D eigenvalue weighted by molar-refractivity contribution is -0.104. The molecule has 0 spiro atoms. The molecule has 2 heteroatoms. The van der Waals surface area contributed by atoms with Crippen molar-refractivity contribution in [1.29, 1.82) is 0 Å². The summed E-state index contributed by atoms with van der Waals surface area (Å²) in [6.07, 6.45) is 0.905. The summed E-state index contributed by atoms with van der Waals surface area (Å²) in [6.45, 7) is 20.4. The minimum absolute atomic E-state index is 0.163. The molecule has 0 bridgehead atoms. The van der Waals surface area contributed by atoms with Gasteiger partial charge in [0.05, 0.1) is 6.61 Å². The van der Waals surface area contributed by atoms with E-state index >= 15 is 0 Å². The third kappa shape index (κ3) is 8.14. The predicted molar refractivity (Wildman–Crippen MR) is 98.0 cm³/mol. The third-order valence-electron chi connectivity index (χ3n) is 4.27. The van der Waals surface area contributed by atoms with E-state index in [9.17, 15) is 4.79 Å². The molecule has 0 atom stereocenters. The molecule has 0 aromatic heterocycles. The Morgan fingerprint density at radius 3 is 1.32 bits per heavy atom. The zero-order valence-electron chi connectivity index (χ0n) is 16.1. The normalized spacial score (nSPS) is 12.3. The molecule has 1 N–H and O–H groups in total. The number of aliphatic hydroxyl groups is 1. The fraction of sp³-hybridized carbons (Fsp3) is 0.550. The van der Waals surface area contributed by atoms with Crippen LogP contribution in [0.1, 0.15) is 69.2 Å². The van der Waals surface area contributed by atoms with Crippen molar-refractivity contribution in [2.75, 3.05) is 6.61 Å². The van der Waals surface area contributed by atoms with E-state index in [0.29, 0.717) is 0 Å². The summed E-state index contributed by atoms with van der Waals surface area (Å²) < 4.78 is 0. The SMILES string of the molecule is CC(C)=C(C)C(C)=C(C)C=O.CC(C)=C(C)C(C)=C(C)CO. The van der Waals surface area contributed by atoms with Gasteiger partial charge in [0.15, 0.2) is 0 Å². The maximum absolute atomic E-state index is 10.4. The molecule has 0 aromatic carbocycles. The lowest BCUT2D eigenvalue weighted by atomic mass is 10.0. The van der Waals surface area contributed by atoms with Gasteiger partial charge in [0.2, 0.25) is 0 Å². The van der Waals surface area contributed by atoms with Gasteiger partial charge in [0, 0.05) is 0 Å². The average Bonchev–Trinajstić information content (AvgIpc) is 2.50. The van der Waals surface area contributed by atoms with Crippen molar-refractivity contribution in [2.45, 2.75) is 69.2 Å². The van der Waals surface area contributed by atoms with E-state index in [2.05, 4.69) is 34.6 Å². The van der Waals surface area contributed by atoms with Gasteiger partial charge in [-0.25, -0.2) is 0 Å². The van der Waals surface area contributed by atoms with Crippen molar-refractivity contribution >= 4 is 6.29 Å². The van der Waals surface area contributed by atoms with Crippen molar-refractivity contribution in [3.8, 4) is 0 Å². The largest absolute Gasteiger partial charge is 0.392 e. The van der Waals surface area contributed by atoms with Gasteiger partial charge in [-0.1, -0.05) is 11.1 Å². The summed E-state index contributed by atoms with van der Waals surface area (Å²) in [7, 11) is 0. The molecule has 22 heavy (non-hydrogen) atoms. The maximum Gasteiger partial charge on any atom is 0.146 e. The third-order valence-corrected chi connectivity index (χ3v) is 4.27. The minimum Gasteiger partial charge on any atom is -0.392 e. The van der Waals surface area contributed by atoms with E-state index < -0.39 is 0 Å². The first-order valence-electron chi connectivity index (χ1n) is 7.69. The Bertz CT molecular complexity index is 504. The van der Waals surface area contributed by atoms with Crippen LogP contribution in [0.5, 0.6) is 0 Å². The maximum atomic E-state index is 10.4. The van der Waals surface area contributed by atoms with Gasteiger partial charge in [-0.2, -0.15) is 0 Å². The van der Waals surface area contributed by atoms with Crippen LogP contribution in [0.4, 0.5) is 0 Å². The zero-order valence-corrected chi connectivity index (χ0v) is 16.1. The van der Waals surface area contributed by atoms with Gasteiger partial charge >= 0.3 is 0 Å². The summed E-state index contributed by atoms with van der Waals surface area (Å²) in [6, 6.07) is 0. The number of hydrogen-bond acceptors (Lipinski definition) is 2. The van der Waals surface area contributed by atoms with Crippen LogP contribution in [0.25, 0.3) is 0 Å². The van der Waals surface area contributed by atoms with E-state index in [0.717, 1.165) is 23.0 Å². The van der Waals surface area contributed by atoms with Crippen molar-refractivity contribution in [2.24, 2.45) is 0 Å². The zero-order chi connectivity index (χ0) is 18.0. The highest BCUT2D eigenvalue weighted by Crippen LogP contribution is 2.17. The first kappa shape index (κ1) is 22.9. The van der Waals surface area contributed by atoms with Crippen LogP contribution < -0.4 is 0 Å². The molecule has 2 nitrogen and oxygen atoms in total. The van der Waals surface area contributed by atoms with Crippen LogP contribution in [-0.4, -0.2) is 18.0 Å². The molecule has 0 aromatic rings. The Kier molecular flexibility index (Phi) is 11.6. The molecule has 0 aliphatic rings. The van der Waals surface area contributed by atoms with Gasteiger partial charge in [-0.05, 0) is 103 Å². The van der Waals surface area contributed by atoms with Crippen LogP contribution in [0.2, 0.25) is 0 Å². The van der Waals surface area contributed by atoms with Crippen LogP contribution in [0.15, 0.2) is 44.6 Å². The quantitative estimate of drug-likeness (QED) is 0.420. The first-order chi connectivity index (χ1) is 10.0. The number of aldehydes is 1. The molecule has 0 amide bonds. The minimum atomic E-state index is 0.163. The summed E-state index contributed by atoms with van der Waals surface area (Å²) >= 11 is 0. The molecule has 0 aliphatic carbocycles. The number of rotatable bonds is 4. The Hall–Kier alpha value is -1.41. The molecule has 0 aliphatic heterocycles. The Morgan fingerprint density at radius 1 is 0.682 bits per heavy atom. The summed E-state index contributed by atoms with van der Waals surface area (Å²) in [5, 5.41) is 8.86. The van der Waals surface area contributed by atoms with Crippen LogP contribution in [0, 0.1) is 0 Å². The molecular formula is C20H34O2. The first-order valence-corrected chi connectivity index (χ1v) is 7.69. The number of carbonyl (C=O) groups excluding carboxylic acids is 1. The monoisotopic (exact) mass is 306 g/mol. The highest BCUT2D eigenvalue weighted by Gasteiger charge is 1.99. The number of hydrogen-bond donors (Lipinski definition) is 1. The second-order valence-corrected chi connectivity index (χ2v) is 6.24. The van der Waals surface area contributed by atoms with Crippen LogP contribution in [-0.2, 0) is 4.79 Å². The smallest absolute Gasteiger partial charge is 0.146 e. The van der Waals surface area contributed by atoms with Crippen molar-refractivity contribution < 1.29 is 9.90 Å². The lowest BCUT2D eigenvalue weighted by Crippen LogP contribution is -1.92. The summed E-state index contributed by atoms with van der Waals surface area (Å²) in [4.78, 5) is 10.4. The topological polar surface area (TPSA) is 37.3 Å². The van der Waals surface area contributed by atoms with E-state index in [-0.39, 0.29) is 6.61 Å². The molecule has 0 fully saturated rings. The highest BCUT2D eigenvalue weighted by molar-refractivity contribution is 5.75. The number of carbonyl (C=O) groups is 1. The average molecular weight is 306 g/mol. The lowest BCUT2D eigenvalue weighted by Gasteiger charge is -2.07. The fourth-order valence-electron chi connectivity index (χ4n) is 1.57. The Labute approximate surface area is 137 Å². The van der Waals surface area contributed by atoms with E-state index in [4.69, 9.17) is 5.11 Å². The summed E-state index contributed by atoms with van der Waals surface area (Å²) in [5.41, 5.74) is 9.28. The molecule has 0 heterocycles. The predicted octanol–water partition coefficient (Wildman–Crippen LogP) is 5.55. The van der Waals surface area contributed by atoms with Gasteiger partial charge < -0.3 is 5.11 Å².